The maximum atomic E-state index is 13.8. The van der Waals surface area contributed by atoms with Crippen molar-refractivity contribution >= 4 is 28.8 Å². The maximum absolute atomic E-state index is 13.8. The summed E-state index contributed by atoms with van der Waals surface area (Å²) in [7, 11) is 0. The lowest BCUT2D eigenvalue weighted by atomic mass is 10.1. The predicted octanol–water partition coefficient (Wildman–Crippen LogP) is 4.15. The Hall–Kier alpha value is -1.65. The molecule has 0 bridgehead atoms. The fraction of sp³-hybridized carbons (Fsp3) is 0.0769. The van der Waals surface area contributed by atoms with Crippen LogP contribution >= 0.6 is 23.2 Å². The van der Waals surface area contributed by atoms with Crippen LogP contribution in [0.3, 0.4) is 0 Å². The van der Waals surface area contributed by atoms with Crippen LogP contribution in [0.4, 0.5) is 4.39 Å². The first-order chi connectivity index (χ1) is 9.09. The van der Waals surface area contributed by atoms with Gasteiger partial charge < -0.3 is 0 Å². The van der Waals surface area contributed by atoms with Crippen LogP contribution in [0.1, 0.15) is 5.56 Å². The summed E-state index contributed by atoms with van der Waals surface area (Å²) in [4.78, 5) is 4.23. The van der Waals surface area contributed by atoms with E-state index in [1.165, 1.54) is 16.8 Å². The molecule has 19 heavy (non-hydrogen) atoms. The molecular weight excluding hydrogens is 288 g/mol. The molecule has 3 nitrogen and oxygen atoms in total. The third-order valence-electron chi connectivity index (χ3n) is 2.92. The third-order valence-corrected chi connectivity index (χ3v) is 3.73. The number of benzene rings is 1. The van der Waals surface area contributed by atoms with Gasteiger partial charge in [0.2, 0.25) is 0 Å². The van der Waals surface area contributed by atoms with E-state index in [-0.39, 0.29) is 11.0 Å². The standard InChI is InChI=1S/C13H8Cl2FN3/c1-7-11(14)18-13-9(6-17-19(13)12(7)15)8-4-2-3-5-10(8)16/h2-6H,1H3. The maximum Gasteiger partial charge on any atom is 0.166 e. The first-order valence-corrected chi connectivity index (χ1v) is 6.29. The van der Waals surface area contributed by atoms with Crippen LogP contribution in [0.5, 0.6) is 0 Å². The summed E-state index contributed by atoms with van der Waals surface area (Å²) in [5.74, 6) is -0.341. The van der Waals surface area contributed by atoms with Gasteiger partial charge in [-0.15, -0.1) is 0 Å². The SMILES string of the molecule is Cc1c(Cl)nc2c(-c3ccccc3F)cnn2c1Cl. The van der Waals surface area contributed by atoms with Gasteiger partial charge in [-0.25, -0.2) is 13.9 Å². The molecule has 1 aromatic carbocycles. The summed E-state index contributed by atoms with van der Waals surface area (Å²) >= 11 is 12.2. The Balaban J connectivity index is 2.36. The van der Waals surface area contributed by atoms with Crippen molar-refractivity contribution in [3.8, 4) is 11.1 Å². The number of hydrogen-bond donors (Lipinski definition) is 0. The van der Waals surface area contributed by atoms with Crippen LogP contribution < -0.4 is 0 Å². The van der Waals surface area contributed by atoms with Gasteiger partial charge in [-0.05, 0) is 13.0 Å². The van der Waals surface area contributed by atoms with Crippen molar-refractivity contribution in [3.05, 3.63) is 52.1 Å². The van der Waals surface area contributed by atoms with Crippen LogP contribution in [0, 0.1) is 12.7 Å². The molecule has 0 spiro atoms. The number of fused-ring (bicyclic) bond motifs is 1. The molecule has 0 aliphatic carbocycles. The van der Waals surface area contributed by atoms with E-state index in [1.807, 2.05) is 0 Å². The minimum atomic E-state index is -0.341. The van der Waals surface area contributed by atoms with Gasteiger partial charge in [0.15, 0.2) is 5.65 Å². The van der Waals surface area contributed by atoms with Gasteiger partial charge in [-0.3, -0.25) is 0 Å². The van der Waals surface area contributed by atoms with Crippen molar-refractivity contribution in [2.45, 2.75) is 6.92 Å². The van der Waals surface area contributed by atoms with Gasteiger partial charge in [0.1, 0.15) is 16.1 Å². The second kappa shape index (κ2) is 4.47. The molecule has 3 aromatic rings. The number of nitrogens with zero attached hydrogens (tertiary/aromatic N) is 3. The van der Waals surface area contributed by atoms with Gasteiger partial charge in [0, 0.05) is 16.7 Å². The molecule has 6 heteroatoms. The van der Waals surface area contributed by atoms with Crippen LogP contribution in [0.15, 0.2) is 30.5 Å². The summed E-state index contributed by atoms with van der Waals surface area (Å²) in [5.41, 5.74) is 2.05. The second-order valence-electron chi connectivity index (χ2n) is 4.09. The first kappa shape index (κ1) is 12.4. The highest BCUT2D eigenvalue weighted by Crippen LogP contribution is 2.30. The summed E-state index contributed by atoms with van der Waals surface area (Å²) in [6, 6.07) is 6.42. The van der Waals surface area contributed by atoms with E-state index in [1.54, 1.807) is 25.1 Å². The highest BCUT2D eigenvalue weighted by atomic mass is 35.5. The molecule has 0 radical (unpaired) electrons. The van der Waals surface area contributed by atoms with Crippen molar-refractivity contribution in [2.75, 3.05) is 0 Å². The quantitative estimate of drug-likeness (QED) is 0.631. The Kier molecular flexibility index (Phi) is 2.92. The monoisotopic (exact) mass is 295 g/mol. The molecule has 0 saturated carbocycles. The zero-order valence-electron chi connectivity index (χ0n) is 9.86. The van der Waals surface area contributed by atoms with Crippen LogP contribution in [0.25, 0.3) is 16.8 Å². The van der Waals surface area contributed by atoms with E-state index in [4.69, 9.17) is 23.2 Å². The van der Waals surface area contributed by atoms with Gasteiger partial charge in [-0.1, -0.05) is 41.4 Å². The lowest BCUT2D eigenvalue weighted by Gasteiger charge is -2.05. The van der Waals surface area contributed by atoms with E-state index in [0.29, 0.717) is 27.5 Å². The Morgan fingerprint density at radius 1 is 1.16 bits per heavy atom. The Labute approximate surface area is 118 Å². The Morgan fingerprint density at radius 3 is 2.63 bits per heavy atom. The minimum absolute atomic E-state index is 0.288. The molecule has 96 valence electrons. The average Bonchev–Trinajstić information content (AvgIpc) is 2.80. The third kappa shape index (κ3) is 1.88. The van der Waals surface area contributed by atoms with Gasteiger partial charge in [0.25, 0.3) is 0 Å². The minimum Gasteiger partial charge on any atom is -0.216 e. The Morgan fingerprint density at radius 2 is 1.89 bits per heavy atom. The van der Waals surface area contributed by atoms with Crippen molar-refractivity contribution in [3.63, 3.8) is 0 Å². The van der Waals surface area contributed by atoms with E-state index in [0.717, 1.165) is 0 Å². The molecule has 0 saturated heterocycles. The number of hydrogen-bond acceptors (Lipinski definition) is 2. The van der Waals surface area contributed by atoms with Gasteiger partial charge in [0.05, 0.1) is 6.20 Å². The molecule has 0 amide bonds. The largest absolute Gasteiger partial charge is 0.216 e. The van der Waals surface area contributed by atoms with Gasteiger partial charge in [-0.2, -0.15) is 5.10 Å². The number of aromatic nitrogens is 3. The normalized spacial score (nSPS) is 11.2. The van der Waals surface area contributed by atoms with E-state index in [2.05, 4.69) is 10.1 Å². The van der Waals surface area contributed by atoms with Crippen molar-refractivity contribution in [1.82, 2.24) is 14.6 Å². The van der Waals surface area contributed by atoms with Crippen LogP contribution in [0.2, 0.25) is 10.3 Å². The summed E-state index contributed by atoms with van der Waals surface area (Å²) in [6.07, 6.45) is 1.53. The first-order valence-electron chi connectivity index (χ1n) is 5.54. The van der Waals surface area contributed by atoms with Crippen LogP contribution in [-0.4, -0.2) is 14.6 Å². The molecular formula is C13H8Cl2FN3. The summed E-state index contributed by atoms with van der Waals surface area (Å²) in [6.45, 7) is 1.75. The molecule has 0 N–H and O–H groups in total. The molecule has 0 unspecified atom stereocenters. The zero-order chi connectivity index (χ0) is 13.6. The van der Waals surface area contributed by atoms with Crippen LogP contribution in [-0.2, 0) is 0 Å². The van der Waals surface area contributed by atoms with E-state index in [9.17, 15) is 4.39 Å². The van der Waals surface area contributed by atoms with E-state index < -0.39 is 0 Å². The summed E-state index contributed by atoms with van der Waals surface area (Å²) < 4.78 is 15.3. The van der Waals surface area contributed by atoms with Crippen molar-refractivity contribution < 1.29 is 4.39 Å². The number of rotatable bonds is 1. The van der Waals surface area contributed by atoms with Crippen molar-refractivity contribution in [1.29, 1.82) is 0 Å². The number of halogens is 3. The highest BCUT2D eigenvalue weighted by molar-refractivity contribution is 6.34. The molecule has 2 aromatic heterocycles. The lowest BCUT2D eigenvalue weighted by Crippen LogP contribution is -1.97. The summed E-state index contributed by atoms with van der Waals surface area (Å²) in [5, 5.41) is 4.79. The predicted molar refractivity (Wildman–Crippen MR) is 73.1 cm³/mol. The highest BCUT2D eigenvalue weighted by Gasteiger charge is 2.16. The van der Waals surface area contributed by atoms with Crippen molar-refractivity contribution in [2.24, 2.45) is 0 Å². The lowest BCUT2D eigenvalue weighted by molar-refractivity contribution is 0.631. The smallest absolute Gasteiger partial charge is 0.166 e. The Bertz CT molecular complexity index is 783. The molecule has 0 atom stereocenters. The van der Waals surface area contributed by atoms with Gasteiger partial charge >= 0.3 is 0 Å². The van der Waals surface area contributed by atoms with E-state index >= 15 is 0 Å². The fourth-order valence-corrected chi connectivity index (χ4v) is 2.31. The second-order valence-corrected chi connectivity index (χ2v) is 4.81. The molecule has 0 fully saturated rings. The molecule has 3 rings (SSSR count). The molecule has 0 aliphatic heterocycles. The molecule has 0 aliphatic rings. The average molecular weight is 296 g/mol. The molecule has 2 heterocycles. The zero-order valence-corrected chi connectivity index (χ0v) is 11.4. The topological polar surface area (TPSA) is 30.2 Å². The fourth-order valence-electron chi connectivity index (χ4n) is 1.88.